The summed E-state index contributed by atoms with van der Waals surface area (Å²) in [6.45, 7) is 3.22. The number of hydrogen-bond donors (Lipinski definition) is 1. The van der Waals surface area contributed by atoms with Gasteiger partial charge in [-0.05, 0) is 25.9 Å². The minimum atomic E-state index is 0.0366. The number of carbonyl (C=O) groups is 1. The molecule has 1 atom stereocenters. The molecule has 0 aromatic carbocycles. The second-order valence-corrected chi connectivity index (χ2v) is 3.90. The lowest BCUT2D eigenvalue weighted by molar-refractivity contribution is -0.128. The largest absolute Gasteiger partial charge is 0.344 e. The third kappa shape index (κ3) is 2.97. The molecule has 4 nitrogen and oxygen atoms in total. The first kappa shape index (κ1) is 10.5. The van der Waals surface area contributed by atoms with Gasteiger partial charge in [-0.1, -0.05) is 0 Å². The number of rotatable bonds is 3. The standard InChI is InChI=1S/C9H19N3O/c1-11-4-3-8(6-11)7-12(2)9(13)5-10/h8H,3-7,10H2,1-2H3/t8-/m1/s1. The van der Waals surface area contributed by atoms with Crippen molar-refractivity contribution in [1.82, 2.24) is 9.80 Å². The molecule has 13 heavy (non-hydrogen) atoms. The molecular weight excluding hydrogens is 166 g/mol. The van der Waals surface area contributed by atoms with Crippen molar-refractivity contribution in [1.29, 1.82) is 0 Å². The van der Waals surface area contributed by atoms with E-state index in [4.69, 9.17) is 5.73 Å². The van der Waals surface area contributed by atoms with Crippen molar-refractivity contribution < 1.29 is 4.79 Å². The topological polar surface area (TPSA) is 49.6 Å². The number of nitrogens with zero attached hydrogens (tertiary/aromatic N) is 2. The maximum absolute atomic E-state index is 11.2. The van der Waals surface area contributed by atoms with Crippen molar-refractivity contribution in [2.75, 3.05) is 40.3 Å². The van der Waals surface area contributed by atoms with Crippen LogP contribution in [0.25, 0.3) is 0 Å². The maximum atomic E-state index is 11.2. The van der Waals surface area contributed by atoms with E-state index in [1.54, 1.807) is 4.90 Å². The van der Waals surface area contributed by atoms with E-state index >= 15 is 0 Å². The van der Waals surface area contributed by atoms with Crippen LogP contribution in [0.1, 0.15) is 6.42 Å². The van der Waals surface area contributed by atoms with Crippen LogP contribution in [-0.4, -0.2) is 56.0 Å². The Balaban J connectivity index is 2.28. The number of amides is 1. The van der Waals surface area contributed by atoms with Gasteiger partial charge in [0.1, 0.15) is 0 Å². The van der Waals surface area contributed by atoms with Crippen molar-refractivity contribution in [2.24, 2.45) is 11.7 Å². The average molecular weight is 185 g/mol. The highest BCUT2D eigenvalue weighted by molar-refractivity contribution is 5.77. The fourth-order valence-corrected chi connectivity index (χ4v) is 1.82. The Morgan fingerprint density at radius 2 is 2.38 bits per heavy atom. The van der Waals surface area contributed by atoms with E-state index in [2.05, 4.69) is 11.9 Å². The maximum Gasteiger partial charge on any atom is 0.236 e. The number of hydrogen-bond acceptors (Lipinski definition) is 3. The van der Waals surface area contributed by atoms with Gasteiger partial charge in [0, 0.05) is 20.1 Å². The highest BCUT2D eigenvalue weighted by Gasteiger charge is 2.21. The molecule has 1 amide bonds. The first-order valence-electron chi connectivity index (χ1n) is 4.76. The molecule has 0 saturated carbocycles. The van der Waals surface area contributed by atoms with E-state index in [1.165, 1.54) is 6.42 Å². The van der Waals surface area contributed by atoms with Crippen LogP contribution in [0.4, 0.5) is 0 Å². The van der Waals surface area contributed by atoms with Crippen LogP contribution in [0, 0.1) is 5.92 Å². The molecular formula is C9H19N3O. The number of carbonyl (C=O) groups excluding carboxylic acids is 1. The summed E-state index contributed by atoms with van der Waals surface area (Å²) in [5.41, 5.74) is 5.27. The molecule has 1 fully saturated rings. The average Bonchev–Trinajstić information content (AvgIpc) is 2.49. The molecule has 2 N–H and O–H groups in total. The summed E-state index contributed by atoms with van der Waals surface area (Å²) in [5.74, 6) is 0.667. The summed E-state index contributed by atoms with van der Waals surface area (Å²) >= 11 is 0. The summed E-state index contributed by atoms with van der Waals surface area (Å²) in [5, 5.41) is 0. The van der Waals surface area contributed by atoms with Crippen LogP contribution < -0.4 is 5.73 Å². The molecule has 0 bridgehead atoms. The molecule has 1 rings (SSSR count). The van der Waals surface area contributed by atoms with Crippen LogP contribution in [-0.2, 0) is 4.79 Å². The fourth-order valence-electron chi connectivity index (χ4n) is 1.82. The zero-order chi connectivity index (χ0) is 9.84. The summed E-state index contributed by atoms with van der Waals surface area (Å²) in [7, 11) is 3.94. The number of likely N-dealkylation sites (N-methyl/N-ethyl adjacent to an activating group) is 1. The highest BCUT2D eigenvalue weighted by atomic mass is 16.2. The zero-order valence-corrected chi connectivity index (χ0v) is 8.49. The number of nitrogens with two attached hydrogens (primary N) is 1. The Morgan fingerprint density at radius 3 is 2.85 bits per heavy atom. The molecule has 0 radical (unpaired) electrons. The molecule has 1 saturated heterocycles. The SMILES string of the molecule is CN1CC[C@@H](CN(C)C(=O)CN)C1. The van der Waals surface area contributed by atoms with E-state index in [0.29, 0.717) is 5.92 Å². The second-order valence-electron chi connectivity index (χ2n) is 3.90. The molecule has 1 aliphatic rings. The van der Waals surface area contributed by atoms with Gasteiger partial charge in [0.2, 0.25) is 5.91 Å². The molecule has 1 aliphatic heterocycles. The molecule has 0 aromatic rings. The van der Waals surface area contributed by atoms with E-state index in [0.717, 1.165) is 19.6 Å². The molecule has 76 valence electrons. The molecule has 4 heteroatoms. The van der Waals surface area contributed by atoms with Crippen LogP contribution in [0.5, 0.6) is 0 Å². The van der Waals surface area contributed by atoms with Crippen LogP contribution in [0.2, 0.25) is 0 Å². The Kier molecular flexibility index (Phi) is 3.69. The Bertz CT molecular complexity index is 184. The lowest BCUT2D eigenvalue weighted by atomic mass is 10.1. The van der Waals surface area contributed by atoms with Crippen molar-refractivity contribution in [2.45, 2.75) is 6.42 Å². The van der Waals surface area contributed by atoms with Gasteiger partial charge >= 0.3 is 0 Å². The van der Waals surface area contributed by atoms with E-state index < -0.39 is 0 Å². The van der Waals surface area contributed by atoms with Gasteiger partial charge in [0.25, 0.3) is 0 Å². The van der Waals surface area contributed by atoms with Crippen LogP contribution in [0.3, 0.4) is 0 Å². The molecule has 0 aromatic heterocycles. The first-order valence-corrected chi connectivity index (χ1v) is 4.76. The van der Waals surface area contributed by atoms with Gasteiger partial charge in [0.05, 0.1) is 6.54 Å². The monoisotopic (exact) mass is 185 g/mol. The highest BCUT2D eigenvalue weighted by Crippen LogP contribution is 2.14. The van der Waals surface area contributed by atoms with Crippen molar-refractivity contribution in [3.05, 3.63) is 0 Å². The summed E-state index contributed by atoms with van der Waals surface area (Å²) in [6, 6.07) is 0. The summed E-state index contributed by atoms with van der Waals surface area (Å²) in [4.78, 5) is 15.2. The molecule has 1 heterocycles. The van der Waals surface area contributed by atoms with Crippen LogP contribution >= 0.6 is 0 Å². The summed E-state index contributed by atoms with van der Waals surface area (Å²) < 4.78 is 0. The predicted octanol–water partition coefficient (Wildman–Crippen LogP) is -0.645. The van der Waals surface area contributed by atoms with Crippen molar-refractivity contribution in [3.8, 4) is 0 Å². The zero-order valence-electron chi connectivity index (χ0n) is 8.49. The lowest BCUT2D eigenvalue weighted by Gasteiger charge is -2.20. The minimum absolute atomic E-state index is 0.0366. The third-order valence-corrected chi connectivity index (χ3v) is 2.62. The lowest BCUT2D eigenvalue weighted by Crippen LogP contribution is -2.36. The van der Waals surface area contributed by atoms with Gasteiger partial charge < -0.3 is 15.5 Å². The van der Waals surface area contributed by atoms with Crippen molar-refractivity contribution in [3.63, 3.8) is 0 Å². The van der Waals surface area contributed by atoms with Gasteiger partial charge in [-0.25, -0.2) is 0 Å². The van der Waals surface area contributed by atoms with E-state index in [1.807, 2.05) is 7.05 Å². The van der Waals surface area contributed by atoms with Gasteiger partial charge in [-0.2, -0.15) is 0 Å². The Hall–Kier alpha value is -0.610. The number of likely N-dealkylation sites (tertiary alicyclic amines) is 1. The molecule has 0 unspecified atom stereocenters. The fraction of sp³-hybridized carbons (Fsp3) is 0.889. The smallest absolute Gasteiger partial charge is 0.236 e. The normalized spacial score (nSPS) is 23.5. The quantitative estimate of drug-likeness (QED) is 0.636. The second kappa shape index (κ2) is 4.58. The van der Waals surface area contributed by atoms with Gasteiger partial charge in [0.15, 0.2) is 0 Å². The Morgan fingerprint density at radius 1 is 1.69 bits per heavy atom. The van der Waals surface area contributed by atoms with E-state index in [-0.39, 0.29) is 12.5 Å². The third-order valence-electron chi connectivity index (χ3n) is 2.62. The first-order chi connectivity index (χ1) is 6.13. The predicted molar refractivity (Wildman–Crippen MR) is 52.3 cm³/mol. The minimum Gasteiger partial charge on any atom is -0.344 e. The van der Waals surface area contributed by atoms with E-state index in [9.17, 15) is 4.79 Å². The molecule has 0 aliphatic carbocycles. The summed E-state index contributed by atoms with van der Waals surface area (Å²) in [6.07, 6.45) is 1.19. The van der Waals surface area contributed by atoms with Gasteiger partial charge in [-0.15, -0.1) is 0 Å². The van der Waals surface area contributed by atoms with Crippen molar-refractivity contribution >= 4 is 5.91 Å². The Labute approximate surface area is 79.7 Å². The molecule has 0 spiro atoms. The van der Waals surface area contributed by atoms with Crippen LogP contribution in [0.15, 0.2) is 0 Å². The van der Waals surface area contributed by atoms with Gasteiger partial charge in [-0.3, -0.25) is 4.79 Å².